The molecule has 1 amide bonds. The van der Waals surface area contributed by atoms with Crippen LogP contribution in [0.25, 0.3) is 0 Å². The molecule has 3 N–H and O–H groups in total. The lowest BCUT2D eigenvalue weighted by Crippen LogP contribution is -2.32. The largest absolute Gasteiger partial charge is 0.481 e. The molecule has 0 bridgehead atoms. The van der Waals surface area contributed by atoms with Gasteiger partial charge < -0.3 is 15.7 Å². The number of carbonyl (C=O) groups is 2. The molecule has 1 rings (SSSR count). The van der Waals surface area contributed by atoms with Crippen LogP contribution in [-0.2, 0) is 16.0 Å². The standard InChI is InChI=1S/C14H20N2O3/c1-10(2)15-9-13(17)16-12-6-4-3-5-11(12)7-8-14(18)19/h3-6,10,15H,7-9H2,1-2H3,(H,16,17)(H,18,19). The fourth-order valence-electron chi connectivity index (χ4n) is 1.59. The van der Waals surface area contributed by atoms with Gasteiger partial charge in [-0.25, -0.2) is 0 Å². The number of rotatable bonds is 7. The highest BCUT2D eigenvalue weighted by atomic mass is 16.4. The molecule has 0 radical (unpaired) electrons. The Morgan fingerprint density at radius 2 is 1.95 bits per heavy atom. The van der Waals surface area contributed by atoms with E-state index in [0.717, 1.165) is 5.56 Å². The molecule has 5 nitrogen and oxygen atoms in total. The number of benzene rings is 1. The molecular weight excluding hydrogens is 244 g/mol. The summed E-state index contributed by atoms with van der Waals surface area (Å²) in [6, 6.07) is 7.50. The van der Waals surface area contributed by atoms with Gasteiger partial charge >= 0.3 is 5.97 Å². The van der Waals surface area contributed by atoms with Crippen molar-refractivity contribution in [3.63, 3.8) is 0 Å². The SMILES string of the molecule is CC(C)NCC(=O)Nc1ccccc1CCC(=O)O. The second-order valence-electron chi connectivity index (χ2n) is 4.63. The van der Waals surface area contributed by atoms with Gasteiger partial charge in [-0.1, -0.05) is 32.0 Å². The number of carbonyl (C=O) groups excluding carboxylic acids is 1. The third kappa shape index (κ3) is 6.01. The quantitative estimate of drug-likeness (QED) is 0.699. The van der Waals surface area contributed by atoms with Gasteiger partial charge in [-0.15, -0.1) is 0 Å². The number of nitrogens with one attached hydrogen (secondary N) is 2. The minimum atomic E-state index is -0.845. The van der Waals surface area contributed by atoms with E-state index in [9.17, 15) is 9.59 Å². The van der Waals surface area contributed by atoms with Crippen molar-refractivity contribution in [1.82, 2.24) is 5.32 Å². The van der Waals surface area contributed by atoms with Crippen molar-refractivity contribution in [3.05, 3.63) is 29.8 Å². The number of aliphatic carboxylic acids is 1. The Hall–Kier alpha value is -1.88. The summed E-state index contributed by atoms with van der Waals surface area (Å²) in [4.78, 5) is 22.3. The van der Waals surface area contributed by atoms with Crippen LogP contribution in [0, 0.1) is 0 Å². The lowest BCUT2D eigenvalue weighted by Gasteiger charge is -2.12. The molecule has 0 atom stereocenters. The number of para-hydroxylation sites is 1. The van der Waals surface area contributed by atoms with Crippen molar-refractivity contribution in [2.24, 2.45) is 0 Å². The molecule has 1 aromatic carbocycles. The van der Waals surface area contributed by atoms with E-state index in [0.29, 0.717) is 12.1 Å². The zero-order valence-corrected chi connectivity index (χ0v) is 11.3. The maximum Gasteiger partial charge on any atom is 0.303 e. The smallest absolute Gasteiger partial charge is 0.303 e. The Balaban J connectivity index is 2.61. The van der Waals surface area contributed by atoms with Gasteiger partial charge in [0, 0.05) is 18.2 Å². The third-order valence-electron chi connectivity index (χ3n) is 2.57. The number of amides is 1. The minimum absolute atomic E-state index is 0.0527. The Kier molecular flexibility index (Phi) is 6.02. The Morgan fingerprint density at radius 3 is 2.58 bits per heavy atom. The minimum Gasteiger partial charge on any atom is -0.481 e. The molecule has 0 aromatic heterocycles. The molecule has 19 heavy (non-hydrogen) atoms. The van der Waals surface area contributed by atoms with Crippen molar-refractivity contribution in [2.45, 2.75) is 32.7 Å². The molecule has 0 saturated carbocycles. The summed E-state index contributed by atoms with van der Waals surface area (Å²) in [6.45, 7) is 4.17. The van der Waals surface area contributed by atoms with Crippen molar-refractivity contribution in [2.75, 3.05) is 11.9 Å². The van der Waals surface area contributed by atoms with Crippen LogP contribution in [-0.4, -0.2) is 29.6 Å². The molecule has 104 valence electrons. The van der Waals surface area contributed by atoms with Gasteiger partial charge in [0.2, 0.25) is 5.91 Å². The molecule has 0 heterocycles. The van der Waals surface area contributed by atoms with Crippen LogP contribution in [0.15, 0.2) is 24.3 Å². The van der Waals surface area contributed by atoms with Gasteiger partial charge in [0.25, 0.3) is 0 Å². The number of hydrogen-bond acceptors (Lipinski definition) is 3. The summed E-state index contributed by atoms with van der Waals surface area (Å²) in [5, 5.41) is 14.5. The van der Waals surface area contributed by atoms with Gasteiger partial charge in [-0.2, -0.15) is 0 Å². The second-order valence-corrected chi connectivity index (χ2v) is 4.63. The zero-order valence-electron chi connectivity index (χ0n) is 11.3. The van der Waals surface area contributed by atoms with Gasteiger partial charge in [0.1, 0.15) is 0 Å². The molecule has 0 spiro atoms. The first-order valence-corrected chi connectivity index (χ1v) is 6.32. The average molecular weight is 264 g/mol. The fraction of sp³-hybridized carbons (Fsp3) is 0.429. The monoisotopic (exact) mass is 264 g/mol. The number of carboxylic acid groups (broad SMARTS) is 1. The van der Waals surface area contributed by atoms with Crippen LogP contribution in [0.2, 0.25) is 0 Å². The number of hydrogen-bond donors (Lipinski definition) is 3. The average Bonchev–Trinajstić information content (AvgIpc) is 2.35. The van der Waals surface area contributed by atoms with Gasteiger partial charge in [-0.05, 0) is 18.1 Å². The second kappa shape index (κ2) is 7.53. The van der Waals surface area contributed by atoms with Crippen LogP contribution in [0.4, 0.5) is 5.69 Å². The van der Waals surface area contributed by atoms with E-state index in [1.54, 1.807) is 6.07 Å². The van der Waals surface area contributed by atoms with Gasteiger partial charge in [0.05, 0.1) is 6.54 Å². The Labute approximate surface area is 113 Å². The highest BCUT2D eigenvalue weighted by Gasteiger charge is 2.08. The predicted molar refractivity (Wildman–Crippen MR) is 74.2 cm³/mol. The molecule has 0 unspecified atom stereocenters. The lowest BCUT2D eigenvalue weighted by atomic mass is 10.1. The maximum absolute atomic E-state index is 11.7. The van der Waals surface area contributed by atoms with Crippen molar-refractivity contribution < 1.29 is 14.7 Å². The first-order valence-electron chi connectivity index (χ1n) is 6.32. The van der Waals surface area contributed by atoms with Crippen molar-refractivity contribution >= 4 is 17.6 Å². The molecule has 0 aliphatic rings. The topological polar surface area (TPSA) is 78.4 Å². The summed E-state index contributed by atoms with van der Waals surface area (Å²) >= 11 is 0. The summed E-state index contributed by atoms with van der Waals surface area (Å²) in [7, 11) is 0. The van der Waals surface area contributed by atoms with E-state index in [1.165, 1.54) is 0 Å². The summed E-state index contributed by atoms with van der Waals surface area (Å²) in [6.07, 6.45) is 0.459. The van der Waals surface area contributed by atoms with Crippen LogP contribution < -0.4 is 10.6 Å². The molecule has 5 heteroatoms. The summed E-state index contributed by atoms with van der Waals surface area (Å²) in [5.74, 6) is -0.973. The van der Waals surface area contributed by atoms with Gasteiger partial charge in [-0.3, -0.25) is 9.59 Å². The fourth-order valence-corrected chi connectivity index (χ4v) is 1.59. The molecule has 0 fully saturated rings. The van der Waals surface area contributed by atoms with E-state index in [2.05, 4.69) is 10.6 Å². The molecule has 0 aliphatic heterocycles. The number of aryl methyl sites for hydroxylation is 1. The summed E-state index contributed by atoms with van der Waals surface area (Å²) in [5.41, 5.74) is 1.52. The molecule has 0 saturated heterocycles. The molecular formula is C14H20N2O3. The normalized spacial score (nSPS) is 10.5. The highest BCUT2D eigenvalue weighted by Crippen LogP contribution is 2.16. The van der Waals surface area contributed by atoms with E-state index in [-0.39, 0.29) is 24.9 Å². The Morgan fingerprint density at radius 1 is 1.26 bits per heavy atom. The van der Waals surface area contributed by atoms with E-state index < -0.39 is 5.97 Å². The van der Waals surface area contributed by atoms with Crippen LogP contribution in [0.5, 0.6) is 0 Å². The van der Waals surface area contributed by atoms with E-state index >= 15 is 0 Å². The van der Waals surface area contributed by atoms with E-state index in [4.69, 9.17) is 5.11 Å². The number of carboxylic acids is 1. The van der Waals surface area contributed by atoms with Crippen LogP contribution in [0.3, 0.4) is 0 Å². The highest BCUT2D eigenvalue weighted by molar-refractivity contribution is 5.93. The van der Waals surface area contributed by atoms with Crippen LogP contribution in [0.1, 0.15) is 25.8 Å². The maximum atomic E-state index is 11.7. The van der Waals surface area contributed by atoms with Crippen LogP contribution >= 0.6 is 0 Å². The lowest BCUT2D eigenvalue weighted by molar-refractivity contribution is -0.136. The molecule has 0 aliphatic carbocycles. The zero-order chi connectivity index (χ0) is 14.3. The first-order chi connectivity index (χ1) is 8.99. The number of anilines is 1. The summed E-state index contributed by atoms with van der Waals surface area (Å²) < 4.78 is 0. The van der Waals surface area contributed by atoms with Crippen molar-refractivity contribution in [3.8, 4) is 0 Å². The first kappa shape index (κ1) is 15.2. The van der Waals surface area contributed by atoms with Crippen molar-refractivity contribution in [1.29, 1.82) is 0 Å². The van der Waals surface area contributed by atoms with E-state index in [1.807, 2.05) is 32.0 Å². The predicted octanol–water partition coefficient (Wildman–Crippen LogP) is 1.64. The Bertz CT molecular complexity index is 444. The third-order valence-corrected chi connectivity index (χ3v) is 2.57. The van der Waals surface area contributed by atoms with Gasteiger partial charge in [0.15, 0.2) is 0 Å². The molecule has 1 aromatic rings.